The van der Waals surface area contributed by atoms with Crippen molar-refractivity contribution in [2.24, 2.45) is 0 Å². The zero-order valence-corrected chi connectivity index (χ0v) is 18.4. The Morgan fingerprint density at radius 1 is 0.692 bits per heavy atom. The Balaban J connectivity index is 1.67. The fourth-order valence-electron chi connectivity index (χ4n) is 2.14. The smallest absolute Gasteiger partial charge is 0.136 e. The summed E-state index contributed by atoms with van der Waals surface area (Å²) in [5.74, 6) is 1.82. The highest BCUT2D eigenvalue weighted by Gasteiger charge is 2.10. The number of likely N-dealkylation sites (N-methyl/N-ethyl adjacent to an activating group) is 2. The van der Waals surface area contributed by atoms with Crippen molar-refractivity contribution in [3.8, 4) is 0 Å². The van der Waals surface area contributed by atoms with Gasteiger partial charge in [-0.25, -0.2) is 0 Å². The van der Waals surface area contributed by atoms with Crippen LogP contribution in [0.5, 0.6) is 0 Å². The molecule has 2 aromatic rings. The summed E-state index contributed by atoms with van der Waals surface area (Å²) >= 11 is 14.5. The Kier molecular flexibility index (Phi) is 9.46. The number of hydrogen-bond acceptors (Lipinski definition) is 4. The molecule has 0 fully saturated rings. The van der Waals surface area contributed by atoms with Crippen LogP contribution in [0.2, 0.25) is 0 Å². The molecule has 0 N–H and O–H groups in total. The Labute approximate surface area is 176 Å². The van der Waals surface area contributed by atoms with Gasteiger partial charge in [0.25, 0.3) is 0 Å². The zero-order valence-electron chi connectivity index (χ0n) is 15.1. The van der Waals surface area contributed by atoms with E-state index in [1.165, 1.54) is 11.1 Å². The monoisotopic (exact) mass is 420 g/mol. The maximum atomic E-state index is 5.54. The molecule has 0 spiro atoms. The maximum absolute atomic E-state index is 5.54. The minimum Gasteiger partial charge on any atom is -0.359 e. The van der Waals surface area contributed by atoms with E-state index in [4.69, 9.17) is 24.4 Å². The molecule has 0 aliphatic heterocycles. The molecule has 0 unspecified atom stereocenters. The number of rotatable bonds is 7. The fourth-order valence-corrected chi connectivity index (χ4v) is 4.27. The van der Waals surface area contributed by atoms with Gasteiger partial charge in [-0.2, -0.15) is 0 Å². The van der Waals surface area contributed by atoms with Gasteiger partial charge in [0.2, 0.25) is 0 Å². The second-order valence-corrected chi connectivity index (χ2v) is 9.14. The molecule has 0 atom stereocenters. The summed E-state index contributed by atoms with van der Waals surface area (Å²) in [5.41, 5.74) is 2.59. The first-order chi connectivity index (χ1) is 12.6. The van der Waals surface area contributed by atoms with E-state index in [2.05, 4.69) is 58.3 Å². The highest BCUT2D eigenvalue weighted by Crippen LogP contribution is 2.17. The van der Waals surface area contributed by atoms with Crippen molar-refractivity contribution < 1.29 is 0 Å². The van der Waals surface area contributed by atoms with Crippen LogP contribution in [0.1, 0.15) is 11.1 Å². The molecular weight excluding hydrogens is 397 g/mol. The average Bonchev–Trinajstić information content (AvgIpc) is 2.69. The molecule has 0 bridgehead atoms. The third-order valence-electron chi connectivity index (χ3n) is 3.80. The molecule has 138 valence electrons. The van der Waals surface area contributed by atoms with E-state index in [0.717, 1.165) is 33.2 Å². The van der Waals surface area contributed by atoms with Crippen LogP contribution in [0.4, 0.5) is 0 Å². The highest BCUT2D eigenvalue weighted by molar-refractivity contribution is 8.22. The normalized spacial score (nSPS) is 10.4. The minimum absolute atomic E-state index is 0.864. The van der Waals surface area contributed by atoms with Crippen molar-refractivity contribution in [1.82, 2.24) is 9.80 Å². The van der Waals surface area contributed by atoms with E-state index in [1.54, 1.807) is 23.5 Å². The number of nitrogens with zero attached hydrogens (tertiary/aromatic N) is 2. The van der Waals surface area contributed by atoms with Crippen LogP contribution in [0.15, 0.2) is 60.7 Å². The number of hydrogen-bond donors (Lipinski definition) is 0. The summed E-state index contributed by atoms with van der Waals surface area (Å²) < 4.78 is 1.84. The van der Waals surface area contributed by atoms with Gasteiger partial charge in [-0.1, -0.05) is 109 Å². The molecule has 0 aliphatic rings. The van der Waals surface area contributed by atoms with Crippen molar-refractivity contribution >= 4 is 56.6 Å². The zero-order chi connectivity index (χ0) is 18.8. The Morgan fingerprint density at radius 3 is 1.38 bits per heavy atom. The molecule has 2 aromatic carbocycles. The van der Waals surface area contributed by atoms with Gasteiger partial charge in [0, 0.05) is 38.7 Å². The molecule has 0 amide bonds. The van der Waals surface area contributed by atoms with Gasteiger partial charge >= 0.3 is 0 Å². The van der Waals surface area contributed by atoms with Crippen LogP contribution in [-0.2, 0) is 11.5 Å². The predicted molar refractivity (Wildman–Crippen MR) is 126 cm³/mol. The van der Waals surface area contributed by atoms with Crippen LogP contribution >= 0.6 is 48.0 Å². The van der Waals surface area contributed by atoms with Crippen molar-refractivity contribution in [2.45, 2.75) is 11.5 Å². The molecule has 26 heavy (non-hydrogen) atoms. The molecule has 0 heterocycles. The molecule has 0 radical (unpaired) electrons. The lowest BCUT2D eigenvalue weighted by atomic mass is 10.2. The van der Waals surface area contributed by atoms with Gasteiger partial charge in [0.15, 0.2) is 0 Å². The third-order valence-corrected chi connectivity index (χ3v) is 7.21. The first-order valence-electron chi connectivity index (χ1n) is 8.40. The van der Waals surface area contributed by atoms with E-state index < -0.39 is 0 Å². The van der Waals surface area contributed by atoms with Gasteiger partial charge in [0.1, 0.15) is 8.64 Å². The SMILES string of the molecule is CN(CCN(C)C(=S)SCc1ccccc1)C(=S)SCc1ccccc1. The first kappa shape index (κ1) is 21.2. The fraction of sp³-hybridized carbons (Fsp3) is 0.300. The van der Waals surface area contributed by atoms with Crippen LogP contribution < -0.4 is 0 Å². The molecular formula is C20H24N2S4. The second kappa shape index (κ2) is 11.6. The summed E-state index contributed by atoms with van der Waals surface area (Å²) in [6.07, 6.45) is 0. The summed E-state index contributed by atoms with van der Waals surface area (Å²) in [4.78, 5) is 4.26. The van der Waals surface area contributed by atoms with Gasteiger partial charge in [-0.05, 0) is 11.1 Å². The highest BCUT2D eigenvalue weighted by atomic mass is 32.2. The number of benzene rings is 2. The standard InChI is InChI=1S/C20H24N2S4/c1-21(19(23)25-15-17-9-5-3-6-10-17)13-14-22(2)20(24)26-16-18-11-7-4-8-12-18/h3-12H,13-16H2,1-2H3. The molecule has 0 saturated heterocycles. The van der Waals surface area contributed by atoms with Crippen LogP contribution in [0, 0.1) is 0 Å². The largest absolute Gasteiger partial charge is 0.359 e. The van der Waals surface area contributed by atoms with Gasteiger partial charge in [-0.15, -0.1) is 0 Å². The summed E-state index contributed by atoms with van der Waals surface area (Å²) in [6.45, 7) is 1.73. The lowest BCUT2D eigenvalue weighted by Gasteiger charge is -2.25. The van der Waals surface area contributed by atoms with Crippen LogP contribution in [-0.4, -0.2) is 45.6 Å². The first-order valence-corrected chi connectivity index (χ1v) is 11.2. The Hall–Kier alpha value is -1.08. The molecule has 2 nitrogen and oxygen atoms in total. The Morgan fingerprint density at radius 2 is 1.04 bits per heavy atom. The average molecular weight is 421 g/mol. The van der Waals surface area contributed by atoms with E-state index in [0.29, 0.717) is 0 Å². The van der Waals surface area contributed by atoms with Crippen LogP contribution in [0.25, 0.3) is 0 Å². The molecule has 6 heteroatoms. The molecule has 0 aromatic heterocycles. The molecule has 2 rings (SSSR count). The van der Waals surface area contributed by atoms with Crippen molar-refractivity contribution in [2.75, 3.05) is 27.2 Å². The van der Waals surface area contributed by atoms with Gasteiger partial charge in [0.05, 0.1) is 0 Å². The lowest BCUT2D eigenvalue weighted by molar-refractivity contribution is 0.427. The minimum atomic E-state index is 0.864. The van der Waals surface area contributed by atoms with Gasteiger partial charge in [-0.3, -0.25) is 0 Å². The predicted octanol–water partition coefficient (Wildman–Crippen LogP) is 5.29. The number of thiocarbonyl (C=S) groups is 2. The third kappa shape index (κ3) is 7.66. The van der Waals surface area contributed by atoms with E-state index in [-0.39, 0.29) is 0 Å². The molecule has 0 saturated carbocycles. The van der Waals surface area contributed by atoms with E-state index >= 15 is 0 Å². The van der Waals surface area contributed by atoms with Crippen molar-refractivity contribution in [3.63, 3.8) is 0 Å². The van der Waals surface area contributed by atoms with E-state index in [9.17, 15) is 0 Å². The van der Waals surface area contributed by atoms with Crippen molar-refractivity contribution in [1.29, 1.82) is 0 Å². The maximum Gasteiger partial charge on any atom is 0.136 e. The van der Waals surface area contributed by atoms with E-state index in [1.807, 2.05) is 26.2 Å². The lowest BCUT2D eigenvalue weighted by Crippen LogP contribution is -2.34. The quantitative estimate of drug-likeness (QED) is 0.558. The summed E-state index contributed by atoms with van der Waals surface area (Å²) in [5, 5.41) is 0. The summed E-state index contributed by atoms with van der Waals surface area (Å²) in [6, 6.07) is 20.8. The topological polar surface area (TPSA) is 6.48 Å². The summed E-state index contributed by atoms with van der Waals surface area (Å²) in [7, 11) is 4.10. The molecule has 0 aliphatic carbocycles. The number of thioether (sulfide) groups is 2. The Bertz CT molecular complexity index is 630. The second-order valence-electron chi connectivity index (χ2n) is 5.92. The van der Waals surface area contributed by atoms with Crippen LogP contribution in [0.3, 0.4) is 0 Å². The van der Waals surface area contributed by atoms with Crippen molar-refractivity contribution in [3.05, 3.63) is 71.8 Å². The van der Waals surface area contributed by atoms with Gasteiger partial charge < -0.3 is 9.80 Å².